The van der Waals surface area contributed by atoms with Gasteiger partial charge in [-0.15, -0.1) is 11.3 Å². The lowest BCUT2D eigenvalue weighted by molar-refractivity contribution is -0.158. The summed E-state index contributed by atoms with van der Waals surface area (Å²) in [5, 5.41) is 4.91. The Morgan fingerprint density at radius 2 is 1.81 bits per heavy atom. The summed E-state index contributed by atoms with van der Waals surface area (Å²) in [5.41, 5.74) is 0.246. The highest BCUT2D eigenvalue weighted by Crippen LogP contribution is 2.32. The fourth-order valence-electron chi connectivity index (χ4n) is 3.05. The van der Waals surface area contributed by atoms with E-state index in [1.807, 2.05) is 0 Å². The maximum atomic E-state index is 12.6. The zero-order valence-corrected chi connectivity index (χ0v) is 20.2. The average molecular weight is 526 g/mol. The van der Waals surface area contributed by atoms with Gasteiger partial charge in [0.25, 0.3) is 15.9 Å². The van der Waals surface area contributed by atoms with Crippen LogP contribution in [0.15, 0.2) is 33.9 Å². The molecule has 1 atom stereocenters. The molecule has 1 N–H and O–H groups in total. The molecular weight excluding hydrogens is 507 g/mol. The molecular formula is C19H19Cl3N2O5S2. The van der Waals surface area contributed by atoms with Gasteiger partial charge in [-0.1, -0.05) is 40.9 Å². The van der Waals surface area contributed by atoms with Gasteiger partial charge in [-0.2, -0.15) is 4.31 Å². The predicted octanol–water partition coefficient (Wildman–Crippen LogP) is 4.68. The molecule has 7 nitrogen and oxygen atoms in total. The maximum absolute atomic E-state index is 12.6. The summed E-state index contributed by atoms with van der Waals surface area (Å²) in [7, 11) is -3.55. The van der Waals surface area contributed by atoms with Crippen LogP contribution in [0.25, 0.3) is 0 Å². The largest absolute Gasteiger partial charge is 0.452 e. The monoisotopic (exact) mass is 524 g/mol. The number of nitrogens with zero attached hydrogens (tertiary/aromatic N) is 1. The zero-order valence-electron chi connectivity index (χ0n) is 16.3. The van der Waals surface area contributed by atoms with E-state index in [1.54, 1.807) is 17.5 Å². The summed E-state index contributed by atoms with van der Waals surface area (Å²) < 4.78 is 32.1. The van der Waals surface area contributed by atoms with Gasteiger partial charge in [-0.05, 0) is 43.3 Å². The standard InChI is InChI=1S/C19H19Cl3N2O5S2/c1-11(18(25)23-16-10-14(21)13(20)9-15(16)22)29-19(26)12-4-6-24(7-5-12)31(27,28)17-3-2-8-30-17/h2-3,8-12H,4-7H2,1H3,(H,23,25). The van der Waals surface area contributed by atoms with Crippen LogP contribution in [0.5, 0.6) is 0 Å². The number of thiophene rings is 1. The second-order valence-electron chi connectivity index (χ2n) is 6.92. The molecule has 12 heteroatoms. The second kappa shape index (κ2) is 10.1. The summed E-state index contributed by atoms with van der Waals surface area (Å²) in [6.45, 7) is 1.86. The normalized spacial score (nSPS) is 16.6. The number of hydrogen-bond acceptors (Lipinski definition) is 6. The molecule has 1 aromatic carbocycles. The quantitative estimate of drug-likeness (QED) is 0.437. The van der Waals surface area contributed by atoms with Gasteiger partial charge in [0.2, 0.25) is 0 Å². The van der Waals surface area contributed by atoms with Gasteiger partial charge in [0.15, 0.2) is 6.10 Å². The Morgan fingerprint density at radius 3 is 2.42 bits per heavy atom. The first-order valence-electron chi connectivity index (χ1n) is 9.29. The number of ether oxygens (including phenoxy) is 1. The van der Waals surface area contributed by atoms with Gasteiger partial charge in [-0.3, -0.25) is 9.59 Å². The van der Waals surface area contributed by atoms with Crippen LogP contribution in [-0.4, -0.2) is 43.8 Å². The second-order valence-corrected chi connectivity index (χ2v) is 11.3. The Bertz CT molecular complexity index is 1070. The lowest BCUT2D eigenvalue weighted by Gasteiger charge is -2.30. The number of esters is 1. The molecule has 1 amide bonds. The maximum Gasteiger partial charge on any atom is 0.309 e. The number of anilines is 1. The molecule has 3 rings (SSSR count). The van der Waals surface area contributed by atoms with Crippen LogP contribution in [0.4, 0.5) is 5.69 Å². The molecule has 0 radical (unpaired) electrons. The highest BCUT2D eigenvalue weighted by Gasteiger charge is 2.34. The average Bonchev–Trinajstić information content (AvgIpc) is 3.27. The zero-order chi connectivity index (χ0) is 22.8. The summed E-state index contributed by atoms with van der Waals surface area (Å²) in [6, 6.07) is 6.04. The molecule has 0 aliphatic carbocycles. The molecule has 1 aliphatic rings. The van der Waals surface area contributed by atoms with E-state index in [-0.39, 0.29) is 38.1 Å². The van der Waals surface area contributed by atoms with E-state index in [9.17, 15) is 18.0 Å². The first-order chi connectivity index (χ1) is 14.6. The van der Waals surface area contributed by atoms with Crippen LogP contribution < -0.4 is 5.32 Å². The van der Waals surface area contributed by atoms with Crippen molar-refractivity contribution in [2.24, 2.45) is 5.92 Å². The van der Waals surface area contributed by atoms with Gasteiger partial charge in [0.1, 0.15) is 4.21 Å². The van der Waals surface area contributed by atoms with Crippen molar-refractivity contribution in [1.82, 2.24) is 4.31 Å². The van der Waals surface area contributed by atoms with Crippen molar-refractivity contribution in [3.05, 3.63) is 44.7 Å². The molecule has 1 unspecified atom stereocenters. The van der Waals surface area contributed by atoms with Crippen molar-refractivity contribution >= 4 is 73.7 Å². The van der Waals surface area contributed by atoms with E-state index in [1.165, 1.54) is 23.4 Å². The number of sulfonamides is 1. The predicted molar refractivity (Wildman–Crippen MR) is 121 cm³/mol. The molecule has 1 fully saturated rings. The smallest absolute Gasteiger partial charge is 0.309 e. The fourth-order valence-corrected chi connectivity index (χ4v) is 6.25. The summed E-state index contributed by atoms with van der Waals surface area (Å²) in [5.74, 6) is -1.61. The van der Waals surface area contributed by atoms with Crippen molar-refractivity contribution in [3.8, 4) is 0 Å². The molecule has 1 saturated heterocycles. The Kier molecular flexibility index (Phi) is 7.88. The van der Waals surface area contributed by atoms with Gasteiger partial charge in [-0.25, -0.2) is 8.42 Å². The lowest BCUT2D eigenvalue weighted by atomic mass is 9.98. The van der Waals surface area contributed by atoms with E-state index in [4.69, 9.17) is 39.5 Å². The van der Waals surface area contributed by atoms with Crippen molar-refractivity contribution < 1.29 is 22.7 Å². The van der Waals surface area contributed by atoms with Gasteiger partial charge in [0.05, 0.1) is 26.7 Å². The van der Waals surface area contributed by atoms with Crippen LogP contribution in [0, 0.1) is 5.92 Å². The van der Waals surface area contributed by atoms with E-state index >= 15 is 0 Å². The van der Waals surface area contributed by atoms with Crippen molar-refractivity contribution in [2.45, 2.75) is 30.1 Å². The third-order valence-corrected chi connectivity index (χ3v) is 9.11. The number of amides is 1. The number of nitrogens with one attached hydrogen (secondary N) is 1. The van der Waals surface area contributed by atoms with E-state index in [2.05, 4.69) is 5.32 Å². The van der Waals surface area contributed by atoms with Gasteiger partial charge < -0.3 is 10.1 Å². The Balaban J connectivity index is 1.54. The van der Waals surface area contributed by atoms with Crippen LogP contribution >= 0.6 is 46.1 Å². The van der Waals surface area contributed by atoms with Gasteiger partial charge in [0, 0.05) is 13.1 Å². The van der Waals surface area contributed by atoms with Crippen molar-refractivity contribution in [3.63, 3.8) is 0 Å². The first-order valence-corrected chi connectivity index (χ1v) is 12.7. The molecule has 2 heterocycles. The molecule has 2 aromatic rings. The molecule has 1 aromatic heterocycles. The van der Waals surface area contributed by atoms with E-state index < -0.39 is 33.9 Å². The highest BCUT2D eigenvalue weighted by molar-refractivity contribution is 7.91. The minimum Gasteiger partial charge on any atom is -0.452 e. The number of carbonyl (C=O) groups excluding carboxylic acids is 2. The number of piperidine rings is 1. The van der Waals surface area contributed by atoms with Crippen LogP contribution in [0.3, 0.4) is 0 Å². The SMILES string of the molecule is CC(OC(=O)C1CCN(S(=O)(=O)c2cccs2)CC1)C(=O)Nc1cc(Cl)c(Cl)cc1Cl. The van der Waals surface area contributed by atoms with Gasteiger partial charge >= 0.3 is 5.97 Å². The first kappa shape index (κ1) is 24.3. The van der Waals surface area contributed by atoms with Crippen LogP contribution in [0.2, 0.25) is 15.1 Å². The molecule has 31 heavy (non-hydrogen) atoms. The topological polar surface area (TPSA) is 92.8 Å². The van der Waals surface area contributed by atoms with Crippen molar-refractivity contribution in [1.29, 1.82) is 0 Å². The summed E-state index contributed by atoms with van der Waals surface area (Å²) >= 11 is 19.0. The minimum absolute atomic E-state index is 0.195. The Labute approximate surface area is 199 Å². The number of benzene rings is 1. The Morgan fingerprint density at radius 1 is 1.16 bits per heavy atom. The molecule has 1 aliphatic heterocycles. The molecule has 0 bridgehead atoms. The third-order valence-electron chi connectivity index (χ3n) is 4.81. The van der Waals surface area contributed by atoms with Crippen LogP contribution in [-0.2, 0) is 24.3 Å². The third kappa shape index (κ3) is 5.71. The van der Waals surface area contributed by atoms with Crippen molar-refractivity contribution in [2.75, 3.05) is 18.4 Å². The minimum atomic E-state index is -3.55. The highest BCUT2D eigenvalue weighted by atomic mass is 35.5. The van der Waals surface area contributed by atoms with E-state index in [0.29, 0.717) is 12.8 Å². The Hall–Kier alpha value is -1.36. The number of hydrogen-bond donors (Lipinski definition) is 1. The van der Waals surface area contributed by atoms with Crippen LogP contribution in [0.1, 0.15) is 19.8 Å². The molecule has 0 spiro atoms. The molecule has 168 valence electrons. The fraction of sp³-hybridized carbons (Fsp3) is 0.368. The number of carbonyl (C=O) groups is 2. The van der Waals surface area contributed by atoms with E-state index in [0.717, 1.165) is 11.3 Å². The lowest BCUT2D eigenvalue weighted by Crippen LogP contribution is -2.41. The summed E-state index contributed by atoms with van der Waals surface area (Å²) in [6.07, 6.45) is -0.446. The number of halogens is 3. The summed E-state index contributed by atoms with van der Waals surface area (Å²) in [4.78, 5) is 24.9. The number of rotatable bonds is 6. The molecule has 0 saturated carbocycles.